The second-order valence-electron chi connectivity index (χ2n) is 7.67. The van der Waals surface area contributed by atoms with Crippen LogP contribution in [0, 0.1) is 0 Å². The summed E-state index contributed by atoms with van der Waals surface area (Å²) in [6.45, 7) is 5.44. The Morgan fingerprint density at radius 3 is 2.54 bits per heavy atom. The molecule has 0 bridgehead atoms. The minimum Gasteiger partial charge on any atom is -0.383 e. The normalized spacial score (nSPS) is 15.3. The fraction of sp³-hybridized carbons (Fsp3) is 0.368. The SMILES string of the molecule is CNC(=O)c1cnc(N)c2cc(C3=CC=C(S(=O)(=O)NC(C)(C)C)CC3)sc12. The molecule has 0 spiro atoms. The maximum Gasteiger partial charge on any atom is 0.254 e. The molecule has 0 atom stereocenters. The highest BCUT2D eigenvalue weighted by Crippen LogP contribution is 2.38. The molecule has 0 aliphatic heterocycles. The van der Waals surface area contributed by atoms with Crippen molar-refractivity contribution in [2.24, 2.45) is 0 Å². The van der Waals surface area contributed by atoms with E-state index in [-0.39, 0.29) is 5.91 Å². The summed E-state index contributed by atoms with van der Waals surface area (Å²) in [6, 6.07) is 1.92. The van der Waals surface area contributed by atoms with E-state index in [1.165, 1.54) is 17.5 Å². The fourth-order valence-corrected chi connectivity index (χ4v) is 5.80. The number of carbonyl (C=O) groups excluding carboxylic acids is 1. The Hall–Kier alpha value is -2.23. The largest absolute Gasteiger partial charge is 0.383 e. The van der Waals surface area contributed by atoms with Gasteiger partial charge in [-0.2, -0.15) is 0 Å². The summed E-state index contributed by atoms with van der Waals surface area (Å²) < 4.78 is 28.5. The van der Waals surface area contributed by atoms with Crippen LogP contribution in [0.15, 0.2) is 29.3 Å². The summed E-state index contributed by atoms with van der Waals surface area (Å²) in [4.78, 5) is 17.6. The third-order valence-electron chi connectivity index (χ3n) is 4.27. The number of thiophene rings is 1. The van der Waals surface area contributed by atoms with Crippen molar-refractivity contribution in [2.45, 2.75) is 39.2 Å². The van der Waals surface area contributed by atoms with Crippen molar-refractivity contribution in [1.82, 2.24) is 15.0 Å². The summed E-state index contributed by atoms with van der Waals surface area (Å²) in [5.74, 6) is 0.153. The number of sulfonamides is 1. The maximum absolute atomic E-state index is 12.5. The van der Waals surface area contributed by atoms with Crippen LogP contribution in [0.25, 0.3) is 15.7 Å². The van der Waals surface area contributed by atoms with Gasteiger partial charge in [0.1, 0.15) is 5.82 Å². The number of amides is 1. The molecule has 9 heteroatoms. The first kappa shape index (κ1) is 20.5. The Balaban J connectivity index is 1.98. The van der Waals surface area contributed by atoms with E-state index in [4.69, 9.17) is 5.73 Å². The first-order valence-electron chi connectivity index (χ1n) is 8.86. The Kier molecular flexibility index (Phi) is 5.35. The molecule has 2 heterocycles. The quantitative estimate of drug-likeness (QED) is 0.703. The highest BCUT2D eigenvalue weighted by molar-refractivity contribution is 7.93. The Labute approximate surface area is 168 Å². The third kappa shape index (κ3) is 4.11. The molecular weight excluding hydrogens is 396 g/mol. The summed E-state index contributed by atoms with van der Waals surface area (Å²) in [6.07, 6.45) is 5.97. The van der Waals surface area contributed by atoms with Gasteiger partial charge < -0.3 is 11.1 Å². The van der Waals surface area contributed by atoms with E-state index < -0.39 is 15.6 Å². The van der Waals surface area contributed by atoms with E-state index in [0.717, 1.165) is 20.5 Å². The van der Waals surface area contributed by atoms with Gasteiger partial charge in [-0.15, -0.1) is 11.3 Å². The van der Waals surface area contributed by atoms with Crippen molar-refractivity contribution >= 4 is 48.7 Å². The van der Waals surface area contributed by atoms with E-state index in [0.29, 0.717) is 29.1 Å². The molecule has 1 amide bonds. The van der Waals surface area contributed by atoms with Crippen LogP contribution < -0.4 is 15.8 Å². The van der Waals surface area contributed by atoms with Crippen LogP contribution in [0.3, 0.4) is 0 Å². The molecule has 0 radical (unpaired) electrons. The maximum atomic E-state index is 12.5. The van der Waals surface area contributed by atoms with Crippen molar-refractivity contribution in [3.8, 4) is 0 Å². The molecule has 150 valence electrons. The topological polar surface area (TPSA) is 114 Å². The van der Waals surface area contributed by atoms with Gasteiger partial charge in [0.2, 0.25) is 10.0 Å². The predicted octanol–water partition coefficient (Wildman–Crippen LogP) is 3.02. The van der Waals surface area contributed by atoms with Crippen LogP contribution in [0.1, 0.15) is 48.8 Å². The number of hydrogen-bond acceptors (Lipinski definition) is 6. The number of allylic oxidation sites excluding steroid dienone is 4. The molecular formula is C19H24N4O3S2. The van der Waals surface area contributed by atoms with Gasteiger partial charge in [0.25, 0.3) is 5.91 Å². The number of rotatable bonds is 4. The molecule has 0 fully saturated rings. The van der Waals surface area contributed by atoms with Crippen molar-refractivity contribution in [2.75, 3.05) is 12.8 Å². The summed E-state index contributed by atoms with van der Waals surface area (Å²) in [7, 11) is -1.94. The van der Waals surface area contributed by atoms with Crippen LogP contribution in [-0.2, 0) is 10.0 Å². The predicted molar refractivity (Wildman–Crippen MR) is 115 cm³/mol. The number of pyridine rings is 1. The first-order valence-corrected chi connectivity index (χ1v) is 11.2. The highest BCUT2D eigenvalue weighted by Gasteiger charge is 2.26. The standard InChI is InChI=1S/C19H24N4O3S2/c1-19(2,3)23-28(25,26)12-7-5-11(6-8-12)15-9-13-16(27-15)14(18(24)21-4)10-22-17(13)20/h5,7,9-10,23H,6,8H2,1-4H3,(H2,20,22)(H,21,24). The molecule has 2 aromatic heterocycles. The number of carbonyl (C=O) groups is 1. The highest BCUT2D eigenvalue weighted by atomic mass is 32.2. The lowest BCUT2D eigenvalue weighted by Crippen LogP contribution is -2.41. The number of nitrogens with two attached hydrogens (primary N) is 1. The van der Waals surface area contributed by atoms with Crippen molar-refractivity contribution in [3.63, 3.8) is 0 Å². The summed E-state index contributed by atoms with van der Waals surface area (Å²) in [5, 5.41) is 3.35. The monoisotopic (exact) mass is 420 g/mol. The van der Waals surface area contributed by atoms with Crippen molar-refractivity contribution in [1.29, 1.82) is 0 Å². The Bertz CT molecular complexity index is 1110. The lowest BCUT2D eigenvalue weighted by Gasteiger charge is -2.22. The summed E-state index contributed by atoms with van der Waals surface area (Å²) >= 11 is 1.46. The van der Waals surface area contributed by atoms with E-state index in [2.05, 4.69) is 15.0 Å². The minimum atomic E-state index is -3.51. The number of fused-ring (bicyclic) bond motifs is 1. The van der Waals surface area contributed by atoms with Crippen LogP contribution in [0.2, 0.25) is 0 Å². The molecule has 0 saturated heterocycles. The van der Waals surface area contributed by atoms with Gasteiger partial charge >= 0.3 is 0 Å². The number of nitrogens with one attached hydrogen (secondary N) is 2. The second-order valence-corrected chi connectivity index (χ2v) is 10.5. The fourth-order valence-electron chi connectivity index (χ4n) is 3.01. The van der Waals surface area contributed by atoms with Crippen LogP contribution in [-0.4, -0.2) is 31.9 Å². The molecule has 1 aliphatic rings. The van der Waals surface area contributed by atoms with Gasteiger partial charge in [-0.05, 0) is 51.3 Å². The number of hydrogen-bond donors (Lipinski definition) is 3. The van der Waals surface area contributed by atoms with E-state index in [9.17, 15) is 13.2 Å². The van der Waals surface area contributed by atoms with Gasteiger partial charge in [-0.3, -0.25) is 4.79 Å². The Morgan fingerprint density at radius 2 is 1.96 bits per heavy atom. The molecule has 1 aliphatic carbocycles. The first-order chi connectivity index (χ1) is 13.0. The lowest BCUT2D eigenvalue weighted by molar-refractivity contribution is 0.0964. The zero-order valence-electron chi connectivity index (χ0n) is 16.3. The van der Waals surface area contributed by atoms with Crippen molar-refractivity contribution in [3.05, 3.63) is 39.8 Å². The number of anilines is 1. The average Bonchev–Trinajstić information content (AvgIpc) is 3.06. The molecule has 2 aromatic rings. The number of nitrogens with zero attached hydrogens (tertiary/aromatic N) is 1. The van der Waals surface area contributed by atoms with Crippen molar-refractivity contribution < 1.29 is 13.2 Å². The average molecular weight is 421 g/mol. The van der Waals surface area contributed by atoms with Crippen LogP contribution in [0.4, 0.5) is 5.82 Å². The summed E-state index contributed by atoms with van der Waals surface area (Å²) in [5.41, 5.74) is 6.95. The minimum absolute atomic E-state index is 0.218. The molecule has 0 saturated carbocycles. The molecule has 0 unspecified atom stereocenters. The van der Waals surface area contributed by atoms with Gasteiger partial charge in [0.15, 0.2) is 0 Å². The van der Waals surface area contributed by atoms with Gasteiger partial charge in [0.05, 0.1) is 15.2 Å². The number of aromatic nitrogens is 1. The van der Waals surface area contributed by atoms with E-state index >= 15 is 0 Å². The van der Waals surface area contributed by atoms with Gasteiger partial charge in [-0.25, -0.2) is 18.1 Å². The van der Waals surface area contributed by atoms with Crippen LogP contribution in [0.5, 0.6) is 0 Å². The van der Waals surface area contributed by atoms with Gasteiger partial charge in [0, 0.05) is 29.0 Å². The lowest BCUT2D eigenvalue weighted by atomic mass is 10.0. The molecule has 7 nitrogen and oxygen atoms in total. The third-order valence-corrected chi connectivity index (χ3v) is 7.43. The van der Waals surface area contributed by atoms with Gasteiger partial charge in [-0.1, -0.05) is 6.08 Å². The molecule has 28 heavy (non-hydrogen) atoms. The second kappa shape index (κ2) is 7.31. The molecule has 4 N–H and O–H groups in total. The Morgan fingerprint density at radius 1 is 1.25 bits per heavy atom. The zero-order chi connectivity index (χ0) is 20.7. The van der Waals surface area contributed by atoms with E-state index in [1.807, 2.05) is 32.9 Å². The molecule has 3 rings (SSSR count). The molecule has 0 aromatic carbocycles. The zero-order valence-corrected chi connectivity index (χ0v) is 17.9. The van der Waals surface area contributed by atoms with E-state index in [1.54, 1.807) is 13.1 Å². The smallest absolute Gasteiger partial charge is 0.254 e. The van der Waals surface area contributed by atoms with Crippen LogP contribution >= 0.6 is 11.3 Å². The number of nitrogen functional groups attached to an aromatic ring is 1.